The van der Waals surface area contributed by atoms with Crippen molar-refractivity contribution in [3.63, 3.8) is 0 Å². The van der Waals surface area contributed by atoms with Gasteiger partial charge in [-0.25, -0.2) is 4.79 Å². The van der Waals surface area contributed by atoms with Gasteiger partial charge in [0, 0.05) is 19.7 Å². The molecule has 1 aliphatic heterocycles. The SMILES string of the molecule is O=C(NCCc1ccc(CO)cc1)NCCC1CCCCO1. The molecule has 1 saturated heterocycles. The molecule has 1 atom stereocenters. The molecule has 0 aromatic heterocycles. The number of urea groups is 1. The molecule has 1 unspecified atom stereocenters. The third-order valence-corrected chi connectivity index (χ3v) is 3.93. The van der Waals surface area contributed by atoms with Crippen LogP contribution in [0.15, 0.2) is 24.3 Å². The van der Waals surface area contributed by atoms with Crippen LogP contribution in [0.2, 0.25) is 0 Å². The summed E-state index contributed by atoms with van der Waals surface area (Å²) in [6, 6.07) is 7.64. The fourth-order valence-corrected chi connectivity index (χ4v) is 2.58. The molecule has 22 heavy (non-hydrogen) atoms. The van der Waals surface area contributed by atoms with Crippen molar-refractivity contribution < 1.29 is 14.6 Å². The highest BCUT2D eigenvalue weighted by molar-refractivity contribution is 5.73. The average Bonchev–Trinajstić information content (AvgIpc) is 2.56. The number of rotatable bonds is 7. The number of aliphatic hydroxyl groups is 1. The van der Waals surface area contributed by atoms with E-state index in [4.69, 9.17) is 9.84 Å². The van der Waals surface area contributed by atoms with Crippen molar-refractivity contribution >= 4 is 6.03 Å². The zero-order valence-electron chi connectivity index (χ0n) is 13.0. The fraction of sp³-hybridized carbons (Fsp3) is 0.588. The van der Waals surface area contributed by atoms with Gasteiger partial charge in [0.1, 0.15) is 0 Å². The Kier molecular flexibility index (Phi) is 7.19. The Labute approximate surface area is 132 Å². The summed E-state index contributed by atoms with van der Waals surface area (Å²) in [5.74, 6) is 0. The number of nitrogens with one attached hydrogen (secondary N) is 2. The van der Waals surface area contributed by atoms with Gasteiger partial charge in [-0.05, 0) is 43.2 Å². The van der Waals surface area contributed by atoms with E-state index >= 15 is 0 Å². The first-order valence-corrected chi connectivity index (χ1v) is 8.10. The van der Waals surface area contributed by atoms with Crippen molar-refractivity contribution in [2.75, 3.05) is 19.7 Å². The number of hydrogen-bond acceptors (Lipinski definition) is 3. The van der Waals surface area contributed by atoms with Gasteiger partial charge in [0.25, 0.3) is 0 Å². The van der Waals surface area contributed by atoms with Crippen LogP contribution in [0.3, 0.4) is 0 Å². The van der Waals surface area contributed by atoms with Gasteiger partial charge >= 0.3 is 6.03 Å². The summed E-state index contributed by atoms with van der Waals surface area (Å²) in [6.07, 6.45) is 5.46. The van der Waals surface area contributed by atoms with E-state index in [1.807, 2.05) is 24.3 Å². The second-order valence-electron chi connectivity index (χ2n) is 5.68. The molecule has 0 bridgehead atoms. The van der Waals surface area contributed by atoms with Crippen molar-refractivity contribution in [1.29, 1.82) is 0 Å². The normalized spacial score (nSPS) is 18.0. The van der Waals surface area contributed by atoms with Gasteiger partial charge in [0.2, 0.25) is 0 Å². The molecule has 122 valence electrons. The van der Waals surface area contributed by atoms with E-state index in [1.165, 1.54) is 6.42 Å². The summed E-state index contributed by atoms with van der Waals surface area (Å²) in [4.78, 5) is 11.7. The Bertz CT molecular complexity index is 442. The first-order valence-electron chi connectivity index (χ1n) is 8.10. The van der Waals surface area contributed by atoms with E-state index < -0.39 is 0 Å². The molecule has 1 aliphatic rings. The summed E-state index contributed by atoms with van der Waals surface area (Å²) < 4.78 is 5.63. The predicted molar refractivity (Wildman–Crippen MR) is 85.7 cm³/mol. The maximum absolute atomic E-state index is 11.7. The van der Waals surface area contributed by atoms with Gasteiger partial charge < -0.3 is 20.5 Å². The van der Waals surface area contributed by atoms with Crippen LogP contribution in [-0.2, 0) is 17.8 Å². The highest BCUT2D eigenvalue weighted by atomic mass is 16.5. The molecule has 5 heteroatoms. The van der Waals surface area contributed by atoms with E-state index in [-0.39, 0.29) is 12.6 Å². The molecule has 1 aromatic carbocycles. The zero-order valence-corrected chi connectivity index (χ0v) is 13.0. The Hall–Kier alpha value is -1.59. The number of aliphatic hydroxyl groups excluding tert-OH is 1. The number of amides is 2. The minimum absolute atomic E-state index is 0.0612. The van der Waals surface area contributed by atoms with Crippen LogP contribution in [0.25, 0.3) is 0 Å². The molecule has 0 aliphatic carbocycles. The number of carbonyl (C=O) groups excluding carboxylic acids is 1. The van der Waals surface area contributed by atoms with Crippen molar-refractivity contribution in [3.8, 4) is 0 Å². The Morgan fingerprint density at radius 2 is 1.86 bits per heavy atom. The molecule has 1 aromatic rings. The van der Waals surface area contributed by atoms with Crippen molar-refractivity contribution in [1.82, 2.24) is 10.6 Å². The highest BCUT2D eigenvalue weighted by Gasteiger charge is 2.13. The van der Waals surface area contributed by atoms with E-state index in [2.05, 4.69) is 10.6 Å². The fourth-order valence-electron chi connectivity index (χ4n) is 2.58. The third kappa shape index (κ3) is 6.03. The molecular weight excluding hydrogens is 280 g/mol. The minimum atomic E-state index is -0.122. The number of ether oxygens (including phenoxy) is 1. The summed E-state index contributed by atoms with van der Waals surface area (Å²) in [5, 5.41) is 14.7. The molecule has 1 fully saturated rings. The molecule has 3 N–H and O–H groups in total. The van der Waals surface area contributed by atoms with Crippen LogP contribution in [0, 0.1) is 0 Å². The van der Waals surface area contributed by atoms with Crippen LogP contribution in [-0.4, -0.2) is 36.9 Å². The summed E-state index contributed by atoms with van der Waals surface area (Å²) in [7, 11) is 0. The quantitative estimate of drug-likeness (QED) is 0.721. The van der Waals surface area contributed by atoms with Crippen molar-refractivity contribution in [2.24, 2.45) is 0 Å². The van der Waals surface area contributed by atoms with Crippen LogP contribution in [0.5, 0.6) is 0 Å². The van der Waals surface area contributed by atoms with Crippen molar-refractivity contribution in [2.45, 2.75) is 44.8 Å². The van der Waals surface area contributed by atoms with Crippen molar-refractivity contribution in [3.05, 3.63) is 35.4 Å². The smallest absolute Gasteiger partial charge is 0.314 e. The summed E-state index contributed by atoms with van der Waals surface area (Å²) >= 11 is 0. The first-order chi connectivity index (χ1) is 10.8. The predicted octanol–water partition coefficient (Wildman–Crippen LogP) is 1.98. The lowest BCUT2D eigenvalue weighted by Crippen LogP contribution is -2.38. The minimum Gasteiger partial charge on any atom is -0.392 e. The Morgan fingerprint density at radius 3 is 2.55 bits per heavy atom. The maximum atomic E-state index is 11.7. The lowest BCUT2D eigenvalue weighted by molar-refractivity contribution is 0.0120. The molecular formula is C17H26N2O3. The largest absolute Gasteiger partial charge is 0.392 e. The standard InChI is InChI=1S/C17H26N2O3/c20-13-15-6-4-14(5-7-15)8-10-18-17(21)19-11-9-16-3-1-2-12-22-16/h4-7,16,20H,1-3,8-13H2,(H2,18,19,21). The van der Waals surface area contributed by atoms with E-state index in [1.54, 1.807) is 0 Å². The first kappa shape index (κ1) is 16.8. The molecule has 2 rings (SSSR count). The van der Waals surface area contributed by atoms with Gasteiger partial charge in [0.05, 0.1) is 12.7 Å². The number of hydrogen-bond donors (Lipinski definition) is 3. The molecule has 2 amide bonds. The monoisotopic (exact) mass is 306 g/mol. The summed E-state index contributed by atoms with van der Waals surface area (Å²) in [5.41, 5.74) is 2.05. The van der Waals surface area contributed by atoms with E-state index in [0.29, 0.717) is 19.2 Å². The third-order valence-electron chi connectivity index (χ3n) is 3.93. The zero-order chi connectivity index (χ0) is 15.6. The molecule has 0 spiro atoms. The molecule has 1 heterocycles. The van der Waals surface area contributed by atoms with Crippen LogP contribution >= 0.6 is 0 Å². The topological polar surface area (TPSA) is 70.6 Å². The molecule has 0 radical (unpaired) electrons. The highest BCUT2D eigenvalue weighted by Crippen LogP contribution is 2.14. The second-order valence-corrected chi connectivity index (χ2v) is 5.68. The number of benzene rings is 1. The van der Waals surface area contributed by atoms with Gasteiger partial charge in [-0.1, -0.05) is 24.3 Å². The van der Waals surface area contributed by atoms with Gasteiger partial charge in [0.15, 0.2) is 0 Å². The summed E-state index contributed by atoms with van der Waals surface area (Å²) in [6.45, 7) is 2.17. The van der Waals surface area contributed by atoms with Crippen LogP contribution in [0.1, 0.15) is 36.8 Å². The van der Waals surface area contributed by atoms with Gasteiger partial charge in [-0.2, -0.15) is 0 Å². The van der Waals surface area contributed by atoms with Gasteiger partial charge in [-0.15, -0.1) is 0 Å². The average molecular weight is 306 g/mol. The van der Waals surface area contributed by atoms with Crippen LogP contribution in [0.4, 0.5) is 4.79 Å². The van der Waals surface area contributed by atoms with Gasteiger partial charge in [-0.3, -0.25) is 0 Å². The Morgan fingerprint density at radius 1 is 1.14 bits per heavy atom. The lowest BCUT2D eigenvalue weighted by Gasteiger charge is -2.22. The Balaban J connectivity index is 1.55. The van der Waals surface area contributed by atoms with Crippen LogP contribution < -0.4 is 10.6 Å². The lowest BCUT2D eigenvalue weighted by atomic mass is 10.1. The van der Waals surface area contributed by atoms with E-state index in [9.17, 15) is 4.79 Å². The molecule has 0 saturated carbocycles. The number of carbonyl (C=O) groups is 1. The van der Waals surface area contributed by atoms with E-state index in [0.717, 1.165) is 43.4 Å². The molecule has 5 nitrogen and oxygen atoms in total. The maximum Gasteiger partial charge on any atom is 0.314 e. The second kappa shape index (κ2) is 9.43.